The number of ether oxygens (including phenoxy) is 1. The van der Waals surface area contributed by atoms with Gasteiger partial charge in [0.1, 0.15) is 5.75 Å². The highest BCUT2D eigenvalue weighted by Crippen LogP contribution is 2.26. The van der Waals surface area contributed by atoms with Crippen molar-refractivity contribution in [2.24, 2.45) is 0 Å². The standard InChI is InChI=1S/C17H12N4O3/c1-24-11-6-4-10(5-7-11)14-9-13(17(22)23)19-16-12-3-2-8-18-15(12)20-21(14)16/h2-9H,1H3,(H,22,23). The molecular weight excluding hydrogens is 308 g/mol. The van der Waals surface area contributed by atoms with Crippen molar-refractivity contribution in [3.05, 3.63) is 54.4 Å². The first-order chi connectivity index (χ1) is 11.7. The number of rotatable bonds is 3. The van der Waals surface area contributed by atoms with Gasteiger partial charge in [-0.05, 0) is 42.5 Å². The van der Waals surface area contributed by atoms with E-state index in [2.05, 4.69) is 15.1 Å². The van der Waals surface area contributed by atoms with Crippen LogP contribution in [0.5, 0.6) is 5.75 Å². The number of pyridine rings is 1. The lowest BCUT2D eigenvalue weighted by atomic mass is 10.1. The molecular formula is C17H12N4O3. The lowest BCUT2D eigenvalue weighted by molar-refractivity contribution is 0.0690. The molecule has 0 bridgehead atoms. The van der Waals surface area contributed by atoms with Gasteiger partial charge in [0, 0.05) is 11.8 Å². The van der Waals surface area contributed by atoms with Crippen molar-refractivity contribution in [3.63, 3.8) is 0 Å². The van der Waals surface area contributed by atoms with Crippen molar-refractivity contribution in [2.45, 2.75) is 0 Å². The van der Waals surface area contributed by atoms with Gasteiger partial charge in [0.05, 0.1) is 18.2 Å². The third-order valence-electron chi connectivity index (χ3n) is 3.76. The van der Waals surface area contributed by atoms with Gasteiger partial charge in [0.2, 0.25) is 0 Å². The summed E-state index contributed by atoms with van der Waals surface area (Å²) in [5.41, 5.74) is 2.36. The molecule has 0 unspecified atom stereocenters. The summed E-state index contributed by atoms with van der Waals surface area (Å²) in [4.78, 5) is 19.9. The number of nitrogens with zero attached hydrogens (tertiary/aromatic N) is 4. The Balaban J connectivity index is 2.06. The number of benzene rings is 1. The van der Waals surface area contributed by atoms with E-state index in [1.54, 1.807) is 23.9 Å². The lowest BCUT2D eigenvalue weighted by Crippen LogP contribution is -2.05. The highest BCUT2D eigenvalue weighted by Gasteiger charge is 2.16. The molecule has 0 aliphatic heterocycles. The molecule has 0 radical (unpaired) electrons. The molecule has 3 heterocycles. The van der Waals surface area contributed by atoms with Crippen LogP contribution < -0.4 is 4.74 Å². The Morgan fingerprint density at radius 3 is 2.71 bits per heavy atom. The predicted molar refractivity (Wildman–Crippen MR) is 87.2 cm³/mol. The van der Waals surface area contributed by atoms with Crippen LogP contribution in [0, 0.1) is 0 Å². The Morgan fingerprint density at radius 1 is 1.21 bits per heavy atom. The molecule has 0 saturated heterocycles. The second-order valence-electron chi connectivity index (χ2n) is 5.17. The Morgan fingerprint density at radius 2 is 2.00 bits per heavy atom. The largest absolute Gasteiger partial charge is 0.497 e. The minimum Gasteiger partial charge on any atom is -0.497 e. The fraction of sp³-hybridized carbons (Fsp3) is 0.0588. The molecule has 0 spiro atoms. The van der Waals surface area contributed by atoms with E-state index in [1.807, 2.05) is 30.3 Å². The maximum Gasteiger partial charge on any atom is 0.354 e. The molecule has 0 fully saturated rings. The molecule has 4 rings (SSSR count). The first-order valence-electron chi connectivity index (χ1n) is 7.19. The summed E-state index contributed by atoms with van der Waals surface area (Å²) >= 11 is 0. The first kappa shape index (κ1) is 14.1. The molecule has 24 heavy (non-hydrogen) atoms. The van der Waals surface area contributed by atoms with E-state index < -0.39 is 5.97 Å². The predicted octanol–water partition coefficient (Wildman–Crippen LogP) is 2.65. The van der Waals surface area contributed by atoms with Gasteiger partial charge in [0.25, 0.3) is 0 Å². The number of methoxy groups -OCH3 is 1. The zero-order valence-corrected chi connectivity index (χ0v) is 12.7. The second kappa shape index (κ2) is 5.31. The number of carboxylic acid groups (broad SMARTS) is 1. The molecule has 3 aromatic heterocycles. The van der Waals surface area contributed by atoms with E-state index in [1.165, 1.54) is 6.07 Å². The highest BCUT2D eigenvalue weighted by molar-refractivity contribution is 5.94. The molecule has 0 saturated carbocycles. The van der Waals surface area contributed by atoms with E-state index in [0.29, 0.717) is 22.4 Å². The van der Waals surface area contributed by atoms with Crippen LogP contribution in [0.3, 0.4) is 0 Å². The SMILES string of the molecule is COc1ccc(-c2cc(C(=O)O)nc3c4cccnc4nn23)cc1. The molecule has 1 aromatic carbocycles. The number of aromatic nitrogens is 4. The third kappa shape index (κ3) is 2.14. The summed E-state index contributed by atoms with van der Waals surface area (Å²) in [5.74, 6) is -0.375. The van der Waals surface area contributed by atoms with Crippen LogP contribution in [0.2, 0.25) is 0 Å². The summed E-state index contributed by atoms with van der Waals surface area (Å²) in [6, 6.07) is 12.4. The number of aromatic carboxylic acids is 1. The molecule has 0 aliphatic rings. The van der Waals surface area contributed by atoms with Crippen LogP contribution >= 0.6 is 0 Å². The molecule has 0 amide bonds. The van der Waals surface area contributed by atoms with Crippen LogP contribution in [0.25, 0.3) is 27.9 Å². The Labute approximate surface area is 136 Å². The quantitative estimate of drug-likeness (QED) is 0.624. The Bertz CT molecular complexity index is 1070. The highest BCUT2D eigenvalue weighted by atomic mass is 16.5. The number of carboxylic acids is 1. The summed E-state index contributed by atoms with van der Waals surface area (Å²) in [7, 11) is 1.59. The molecule has 118 valence electrons. The van der Waals surface area contributed by atoms with Gasteiger partial charge < -0.3 is 9.84 Å². The molecule has 7 nitrogen and oxygen atoms in total. The van der Waals surface area contributed by atoms with Crippen molar-refractivity contribution in [3.8, 4) is 17.0 Å². The summed E-state index contributed by atoms with van der Waals surface area (Å²) in [6.45, 7) is 0. The zero-order chi connectivity index (χ0) is 16.7. The van der Waals surface area contributed by atoms with Gasteiger partial charge in [0.15, 0.2) is 17.0 Å². The number of hydrogen-bond acceptors (Lipinski definition) is 5. The topological polar surface area (TPSA) is 89.6 Å². The minimum atomic E-state index is -1.09. The van der Waals surface area contributed by atoms with Crippen LogP contribution in [-0.2, 0) is 0 Å². The number of fused-ring (bicyclic) bond motifs is 3. The van der Waals surface area contributed by atoms with Gasteiger partial charge in [-0.1, -0.05) is 0 Å². The molecule has 7 heteroatoms. The van der Waals surface area contributed by atoms with Gasteiger partial charge in [-0.25, -0.2) is 19.3 Å². The molecule has 4 aromatic rings. The minimum absolute atomic E-state index is 0.0426. The van der Waals surface area contributed by atoms with E-state index in [-0.39, 0.29) is 5.69 Å². The van der Waals surface area contributed by atoms with Crippen LogP contribution in [0.1, 0.15) is 10.5 Å². The maximum absolute atomic E-state index is 11.5. The van der Waals surface area contributed by atoms with Gasteiger partial charge >= 0.3 is 5.97 Å². The Kier molecular flexibility index (Phi) is 3.13. The second-order valence-corrected chi connectivity index (χ2v) is 5.17. The molecule has 0 atom stereocenters. The third-order valence-corrected chi connectivity index (χ3v) is 3.76. The summed E-state index contributed by atoms with van der Waals surface area (Å²) in [5, 5.41) is 14.5. The van der Waals surface area contributed by atoms with Crippen LogP contribution in [0.15, 0.2) is 48.7 Å². The van der Waals surface area contributed by atoms with Gasteiger partial charge in [-0.3, -0.25) is 0 Å². The maximum atomic E-state index is 11.5. The van der Waals surface area contributed by atoms with E-state index in [0.717, 1.165) is 11.3 Å². The summed E-state index contributed by atoms with van der Waals surface area (Å²) in [6.07, 6.45) is 1.64. The average Bonchev–Trinajstić information content (AvgIpc) is 2.99. The van der Waals surface area contributed by atoms with E-state index in [9.17, 15) is 9.90 Å². The first-order valence-corrected chi connectivity index (χ1v) is 7.19. The normalized spacial score (nSPS) is 11.0. The fourth-order valence-electron chi connectivity index (χ4n) is 2.60. The van der Waals surface area contributed by atoms with Crippen LogP contribution in [-0.4, -0.2) is 37.8 Å². The van der Waals surface area contributed by atoms with Crippen molar-refractivity contribution < 1.29 is 14.6 Å². The monoisotopic (exact) mass is 320 g/mol. The van der Waals surface area contributed by atoms with Crippen molar-refractivity contribution in [1.29, 1.82) is 0 Å². The molecule has 0 aliphatic carbocycles. The average molecular weight is 320 g/mol. The smallest absolute Gasteiger partial charge is 0.354 e. The number of carbonyl (C=O) groups is 1. The van der Waals surface area contributed by atoms with E-state index in [4.69, 9.17) is 4.74 Å². The van der Waals surface area contributed by atoms with Gasteiger partial charge in [-0.15, -0.1) is 5.10 Å². The van der Waals surface area contributed by atoms with Crippen molar-refractivity contribution in [2.75, 3.05) is 7.11 Å². The summed E-state index contributed by atoms with van der Waals surface area (Å²) < 4.78 is 6.78. The van der Waals surface area contributed by atoms with Crippen LogP contribution in [0.4, 0.5) is 0 Å². The van der Waals surface area contributed by atoms with Crippen molar-refractivity contribution in [1.82, 2.24) is 19.6 Å². The van der Waals surface area contributed by atoms with Crippen molar-refractivity contribution >= 4 is 22.6 Å². The lowest BCUT2D eigenvalue weighted by Gasteiger charge is -2.07. The van der Waals surface area contributed by atoms with Gasteiger partial charge in [-0.2, -0.15) is 0 Å². The zero-order valence-electron chi connectivity index (χ0n) is 12.7. The van der Waals surface area contributed by atoms with E-state index >= 15 is 0 Å². The Hall–Kier alpha value is -3.48. The molecule has 1 N–H and O–H groups in total. The fourth-order valence-corrected chi connectivity index (χ4v) is 2.60. The number of hydrogen-bond donors (Lipinski definition) is 1.